The van der Waals surface area contributed by atoms with Crippen LogP contribution < -0.4 is 9.64 Å². The summed E-state index contributed by atoms with van der Waals surface area (Å²) in [6, 6.07) is 17.5. The number of nitrogens with zero attached hydrogens (tertiary/aromatic N) is 1. The van der Waals surface area contributed by atoms with Crippen LogP contribution in [0.2, 0.25) is 0 Å². The van der Waals surface area contributed by atoms with Gasteiger partial charge in [-0.25, -0.2) is 4.79 Å². The number of esters is 1. The molecule has 0 radical (unpaired) electrons. The molecule has 194 valence electrons. The molecule has 3 aliphatic rings. The number of hydrogen-bond acceptors (Lipinski definition) is 5. The summed E-state index contributed by atoms with van der Waals surface area (Å²) in [6.45, 7) is 11.4. The number of anilines is 1. The maximum absolute atomic E-state index is 14.4. The summed E-state index contributed by atoms with van der Waals surface area (Å²) < 4.78 is 16.4. The summed E-state index contributed by atoms with van der Waals surface area (Å²) in [6.07, 6.45) is -0.0582. The normalized spacial score (nSPS) is 27.4. The van der Waals surface area contributed by atoms with Gasteiger partial charge in [0.05, 0.1) is 19.3 Å². The van der Waals surface area contributed by atoms with Crippen molar-refractivity contribution in [2.45, 2.75) is 40.7 Å². The number of para-hydroxylation sites is 1. The lowest BCUT2D eigenvalue weighted by Crippen LogP contribution is -2.41. The monoisotopic (exact) mass is 501 g/mol. The number of methoxy groups -OCH3 is 1. The first-order valence-corrected chi connectivity index (χ1v) is 12.7. The Hall–Kier alpha value is -3.38. The predicted molar refractivity (Wildman–Crippen MR) is 143 cm³/mol. The summed E-state index contributed by atoms with van der Waals surface area (Å²) in [4.78, 5) is 29.9. The van der Waals surface area contributed by atoms with Crippen molar-refractivity contribution in [2.75, 3.05) is 32.3 Å². The van der Waals surface area contributed by atoms with Crippen LogP contribution in [-0.4, -0.2) is 45.4 Å². The Bertz CT molecular complexity index is 1320. The maximum Gasteiger partial charge on any atom is 0.335 e. The number of hydrogen-bond donors (Lipinski definition) is 0. The number of carbonyl (C=O) groups is 2. The van der Waals surface area contributed by atoms with E-state index in [4.69, 9.17) is 14.2 Å². The number of allylic oxidation sites excluding steroid dienone is 2. The van der Waals surface area contributed by atoms with Crippen LogP contribution in [-0.2, 0) is 19.1 Å². The molecule has 1 heterocycles. The molecular formula is C31H35NO5. The third-order valence-electron chi connectivity index (χ3n) is 9.42. The second kappa shape index (κ2) is 8.59. The first kappa shape index (κ1) is 25.3. The van der Waals surface area contributed by atoms with Gasteiger partial charge in [-0.15, -0.1) is 0 Å². The van der Waals surface area contributed by atoms with E-state index in [0.717, 1.165) is 28.1 Å². The Kier molecular flexibility index (Phi) is 5.87. The highest BCUT2D eigenvalue weighted by Gasteiger charge is 2.72. The Morgan fingerprint density at radius 3 is 2.16 bits per heavy atom. The van der Waals surface area contributed by atoms with E-state index in [9.17, 15) is 9.59 Å². The molecule has 0 saturated carbocycles. The van der Waals surface area contributed by atoms with Crippen molar-refractivity contribution in [3.8, 4) is 5.75 Å². The van der Waals surface area contributed by atoms with E-state index in [1.54, 1.807) is 19.1 Å². The fourth-order valence-electron chi connectivity index (χ4n) is 6.58. The lowest BCUT2D eigenvalue weighted by molar-refractivity contribution is -0.141. The van der Waals surface area contributed by atoms with Crippen molar-refractivity contribution >= 4 is 23.1 Å². The number of ether oxygens (including phenoxy) is 3. The predicted octanol–water partition coefficient (Wildman–Crippen LogP) is 5.44. The molecule has 3 atom stereocenters. The van der Waals surface area contributed by atoms with Crippen molar-refractivity contribution in [2.24, 2.45) is 16.2 Å². The average Bonchev–Trinajstić information content (AvgIpc) is 3.70. The van der Waals surface area contributed by atoms with Gasteiger partial charge in [0.25, 0.3) is 5.91 Å². The molecule has 2 aliphatic carbocycles. The van der Waals surface area contributed by atoms with Crippen molar-refractivity contribution in [1.82, 2.24) is 0 Å². The molecule has 2 bridgehead atoms. The molecule has 2 aromatic carbocycles. The second-order valence-electron chi connectivity index (χ2n) is 11.1. The lowest BCUT2D eigenvalue weighted by Gasteiger charge is -2.43. The third-order valence-corrected chi connectivity index (χ3v) is 9.42. The van der Waals surface area contributed by atoms with Crippen LogP contribution in [0.25, 0.3) is 5.57 Å². The van der Waals surface area contributed by atoms with E-state index in [2.05, 4.69) is 34.6 Å². The van der Waals surface area contributed by atoms with Crippen LogP contribution in [0.4, 0.5) is 5.69 Å². The van der Waals surface area contributed by atoms with Gasteiger partial charge in [-0.3, -0.25) is 4.79 Å². The zero-order valence-corrected chi connectivity index (χ0v) is 22.7. The Morgan fingerprint density at radius 2 is 1.59 bits per heavy atom. The minimum Gasteiger partial charge on any atom is -0.497 e. The van der Waals surface area contributed by atoms with Gasteiger partial charge in [0.2, 0.25) is 0 Å². The SMILES string of the molecule is COc1ccc(C2=C(C)C3(C)C(C(=O)OCC4CO4)=C(C(=O)N(C)c4ccccc4)C2(C)C3(C)C)cc1. The van der Waals surface area contributed by atoms with E-state index < -0.39 is 22.2 Å². The molecule has 6 heteroatoms. The van der Waals surface area contributed by atoms with Gasteiger partial charge >= 0.3 is 5.97 Å². The molecule has 2 aromatic rings. The van der Waals surface area contributed by atoms with Crippen molar-refractivity contribution < 1.29 is 23.8 Å². The largest absolute Gasteiger partial charge is 0.497 e. The number of carbonyl (C=O) groups excluding carboxylic acids is 2. The Balaban J connectivity index is 1.70. The zero-order chi connectivity index (χ0) is 26.8. The van der Waals surface area contributed by atoms with Gasteiger partial charge in [-0.1, -0.05) is 63.6 Å². The Labute approximate surface area is 218 Å². The quantitative estimate of drug-likeness (QED) is 0.374. The van der Waals surface area contributed by atoms with Gasteiger partial charge in [-0.05, 0) is 47.7 Å². The minimum absolute atomic E-state index is 0.0582. The van der Waals surface area contributed by atoms with E-state index in [1.165, 1.54) is 0 Å². The standard InChI is InChI=1S/C31H35NO5/c1-19-24(20-13-15-22(35-7)16-14-20)31(5)25(27(33)32(6)21-11-9-8-10-12-21)26(30(19,4)29(31,2)3)28(34)37-18-23-17-36-23/h8-16,23H,17-18H2,1-7H3. The molecule has 0 N–H and O–H groups in total. The highest BCUT2D eigenvalue weighted by atomic mass is 16.6. The minimum atomic E-state index is -0.745. The zero-order valence-electron chi connectivity index (χ0n) is 22.7. The topological polar surface area (TPSA) is 68.4 Å². The molecule has 1 amide bonds. The van der Waals surface area contributed by atoms with Gasteiger partial charge in [0.15, 0.2) is 0 Å². The lowest BCUT2D eigenvalue weighted by atomic mass is 9.59. The van der Waals surface area contributed by atoms with E-state index in [-0.39, 0.29) is 18.6 Å². The van der Waals surface area contributed by atoms with Crippen molar-refractivity contribution in [3.05, 3.63) is 76.9 Å². The second-order valence-corrected chi connectivity index (χ2v) is 11.1. The number of amides is 1. The van der Waals surface area contributed by atoms with E-state index in [0.29, 0.717) is 17.8 Å². The van der Waals surface area contributed by atoms with Crippen LogP contribution in [0, 0.1) is 16.2 Å². The summed E-state index contributed by atoms with van der Waals surface area (Å²) >= 11 is 0. The molecule has 3 unspecified atom stereocenters. The average molecular weight is 502 g/mol. The van der Waals surface area contributed by atoms with E-state index >= 15 is 0 Å². The summed E-state index contributed by atoms with van der Waals surface area (Å²) in [5, 5.41) is 0. The fourth-order valence-corrected chi connectivity index (χ4v) is 6.58. The molecule has 0 spiro atoms. The first-order valence-electron chi connectivity index (χ1n) is 12.7. The molecule has 6 nitrogen and oxygen atoms in total. The number of fused-ring (bicyclic) bond motifs is 2. The number of benzene rings is 2. The number of epoxide rings is 1. The van der Waals surface area contributed by atoms with Crippen LogP contribution in [0.15, 0.2) is 71.3 Å². The number of likely N-dealkylation sites (N-methyl/N-ethyl adjacent to an activating group) is 1. The highest BCUT2D eigenvalue weighted by Crippen LogP contribution is 2.78. The summed E-state index contributed by atoms with van der Waals surface area (Å²) in [5.41, 5.74) is 2.98. The number of rotatable bonds is 7. The Morgan fingerprint density at radius 1 is 0.973 bits per heavy atom. The van der Waals surface area contributed by atoms with Crippen LogP contribution >= 0.6 is 0 Å². The highest BCUT2D eigenvalue weighted by molar-refractivity contribution is 6.16. The van der Waals surface area contributed by atoms with Crippen LogP contribution in [0.5, 0.6) is 5.75 Å². The molecule has 0 aromatic heterocycles. The van der Waals surface area contributed by atoms with Crippen LogP contribution in [0.3, 0.4) is 0 Å². The first-order chi connectivity index (χ1) is 17.5. The molecule has 37 heavy (non-hydrogen) atoms. The maximum atomic E-state index is 14.4. The van der Waals surface area contributed by atoms with Gasteiger partial charge in [-0.2, -0.15) is 0 Å². The van der Waals surface area contributed by atoms with Crippen molar-refractivity contribution in [3.63, 3.8) is 0 Å². The molecule has 1 fully saturated rings. The van der Waals surface area contributed by atoms with Crippen molar-refractivity contribution in [1.29, 1.82) is 0 Å². The van der Waals surface area contributed by atoms with E-state index in [1.807, 2.05) is 54.6 Å². The molecule has 1 saturated heterocycles. The fraction of sp³-hybridized carbons (Fsp3) is 0.419. The van der Waals surface area contributed by atoms with Gasteiger partial charge in [0.1, 0.15) is 18.5 Å². The van der Waals surface area contributed by atoms with Gasteiger partial charge in [0, 0.05) is 29.1 Å². The molecule has 5 rings (SSSR count). The summed E-state index contributed by atoms with van der Waals surface area (Å²) in [7, 11) is 3.41. The molecular weight excluding hydrogens is 466 g/mol. The molecule has 1 aliphatic heterocycles. The third kappa shape index (κ3) is 3.42. The summed E-state index contributed by atoms with van der Waals surface area (Å²) in [5.74, 6) is 0.134. The van der Waals surface area contributed by atoms with Crippen LogP contribution in [0.1, 0.15) is 40.2 Å². The van der Waals surface area contributed by atoms with Gasteiger partial charge < -0.3 is 19.1 Å². The smallest absolute Gasteiger partial charge is 0.335 e.